The lowest BCUT2D eigenvalue weighted by molar-refractivity contribution is -0.124. The van der Waals surface area contributed by atoms with Crippen LogP contribution in [0.1, 0.15) is 24.0 Å². The lowest BCUT2D eigenvalue weighted by Crippen LogP contribution is -2.41. The van der Waals surface area contributed by atoms with Gasteiger partial charge in [-0.2, -0.15) is 0 Å². The molecule has 0 spiro atoms. The third kappa shape index (κ3) is 2.26. The van der Waals surface area contributed by atoms with Gasteiger partial charge in [0.25, 0.3) is 0 Å². The first-order valence-corrected chi connectivity index (χ1v) is 6.29. The van der Waals surface area contributed by atoms with Gasteiger partial charge in [0.2, 0.25) is 5.91 Å². The first kappa shape index (κ1) is 13.7. The fourth-order valence-electron chi connectivity index (χ4n) is 2.47. The highest BCUT2D eigenvalue weighted by molar-refractivity contribution is 5.91. The molecule has 2 rings (SSSR count). The minimum atomic E-state index is -0.424. The highest BCUT2D eigenvalue weighted by atomic mass is 16.5. The molecule has 5 nitrogen and oxygen atoms in total. The topological polar surface area (TPSA) is 59.6 Å². The number of hydrogen-bond donors (Lipinski definition) is 2. The summed E-state index contributed by atoms with van der Waals surface area (Å²) in [6.07, 6.45) is 1.72. The van der Waals surface area contributed by atoms with Crippen LogP contribution in [0.4, 0.5) is 0 Å². The van der Waals surface area contributed by atoms with Gasteiger partial charge < -0.3 is 9.47 Å². The van der Waals surface area contributed by atoms with Gasteiger partial charge in [-0.1, -0.05) is 0 Å². The Morgan fingerprint density at radius 3 is 2.26 bits per heavy atom. The third-order valence-electron chi connectivity index (χ3n) is 3.67. The van der Waals surface area contributed by atoms with Crippen molar-refractivity contribution in [2.75, 3.05) is 21.3 Å². The van der Waals surface area contributed by atoms with Crippen LogP contribution in [-0.4, -0.2) is 27.2 Å². The van der Waals surface area contributed by atoms with Crippen LogP contribution in [0, 0.1) is 6.92 Å². The van der Waals surface area contributed by atoms with E-state index in [0.717, 1.165) is 24.0 Å². The summed E-state index contributed by atoms with van der Waals surface area (Å²) >= 11 is 0. The number of ether oxygens (including phenoxy) is 2. The number of benzene rings is 1. The summed E-state index contributed by atoms with van der Waals surface area (Å²) in [6.45, 7) is 1.99. The van der Waals surface area contributed by atoms with Crippen LogP contribution in [-0.2, 0) is 10.2 Å². The quantitative estimate of drug-likeness (QED) is 0.787. The zero-order chi connectivity index (χ0) is 14.0. The molecular formula is C14H20N2O3. The fourth-order valence-corrected chi connectivity index (χ4v) is 2.47. The lowest BCUT2D eigenvalue weighted by Gasteiger charge is -2.20. The Morgan fingerprint density at radius 1 is 1.21 bits per heavy atom. The molecule has 0 aliphatic heterocycles. The largest absolute Gasteiger partial charge is 0.493 e. The molecule has 0 aromatic heterocycles. The summed E-state index contributed by atoms with van der Waals surface area (Å²) in [5.74, 6) is 1.35. The number of hydrazine groups is 1. The molecule has 0 heterocycles. The molecule has 104 valence electrons. The molecule has 1 aliphatic carbocycles. The maximum atomic E-state index is 12.2. The van der Waals surface area contributed by atoms with Gasteiger partial charge in [0.05, 0.1) is 19.6 Å². The molecule has 1 aromatic rings. The van der Waals surface area contributed by atoms with Gasteiger partial charge >= 0.3 is 0 Å². The molecule has 0 unspecified atom stereocenters. The number of hydrogen-bond acceptors (Lipinski definition) is 4. The summed E-state index contributed by atoms with van der Waals surface area (Å²) in [6, 6.07) is 3.83. The predicted molar refractivity (Wildman–Crippen MR) is 72.4 cm³/mol. The third-order valence-corrected chi connectivity index (χ3v) is 3.67. The molecule has 5 heteroatoms. The van der Waals surface area contributed by atoms with E-state index >= 15 is 0 Å². The van der Waals surface area contributed by atoms with Crippen molar-refractivity contribution in [2.24, 2.45) is 0 Å². The standard InChI is InChI=1S/C14H20N2O3/c1-9-7-11(18-3)12(19-4)8-10(9)14(5-6-14)13(17)16-15-2/h7-8,15H,5-6H2,1-4H3,(H,16,17). The molecule has 0 bridgehead atoms. The van der Waals surface area contributed by atoms with Crippen molar-refractivity contribution in [3.05, 3.63) is 23.3 Å². The Kier molecular flexibility index (Phi) is 3.66. The van der Waals surface area contributed by atoms with E-state index < -0.39 is 5.41 Å². The Balaban J connectivity index is 2.43. The van der Waals surface area contributed by atoms with Crippen molar-refractivity contribution in [3.63, 3.8) is 0 Å². The molecule has 0 radical (unpaired) electrons. The van der Waals surface area contributed by atoms with Crippen molar-refractivity contribution < 1.29 is 14.3 Å². The van der Waals surface area contributed by atoms with E-state index in [2.05, 4.69) is 10.9 Å². The van der Waals surface area contributed by atoms with Crippen LogP contribution >= 0.6 is 0 Å². The molecule has 19 heavy (non-hydrogen) atoms. The molecule has 1 fully saturated rings. The Bertz CT molecular complexity index is 496. The van der Waals surface area contributed by atoms with Crippen LogP contribution in [0.5, 0.6) is 11.5 Å². The highest BCUT2D eigenvalue weighted by Crippen LogP contribution is 2.51. The monoisotopic (exact) mass is 264 g/mol. The van der Waals surface area contributed by atoms with E-state index in [0.29, 0.717) is 11.5 Å². The molecule has 0 atom stereocenters. The van der Waals surface area contributed by atoms with E-state index in [4.69, 9.17) is 9.47 Å². The van der Waals surface area contributed by atoms with E-state index in [1.165, 1.54) is 0 Å². The van der Waals surface area contributed by atoms with E-state index in [9.17, 15) is 4.79 Å². The van der Waals surface area contributed by atoms with Gasteiger partial charge in [0, 0.05) is 7.05 Å². The Morgan fingerprint density at radius 2 is 1.79 bits per heavy atom. The minimum Gasteiger partial charge on any atom is -0.493 e. The molecule has 1 aliphatic rings. The Labute approximate surface area is 113 Å². The van der Waals surface area contributed by atoms with Gasteiger partial charge in [-0.05, 0) is 43.0 Å². The van der Waals surface area contributed by atoms with Crippen LogP contribution in [0.3, 0.4) is 0 Å². The average molecular weight is 264 g/mol. The van der Waals surface area contributed by atoms with Crippen LogP contribution in [0.25, 0.3) is 0 Å². The lowest BCUT2D eigenvalue weighted by atomic mass is 9.90. The fraction of sp³-hybridized carbons (Fsp3) is 0.500. The minimum absolute atomic E-state index is 0.00493. The molecule has 2 N–H and O–H groups in total. The van der Waals surface area contributed by atoms with Crippen molar-refractivity contribution in [1.29, 1.82) is 0 Å². The summed E-state index contributed by atoms with van der Waals surface area (Å²) in [5, 5.41) is 0. The van der Waals surface area contributed by atoms with Crippen LogP contribution in [0.2, 0.25) is 0 Å². The SMILES string of the molecule is CNNC(=O)C1(c2cc(OC)c(OC)cc2C)CC1. The zero-order valence-corrected chi connectivity index (χ0v) is 11.8. The number of amides is 1. The van der Waals surface area contributed by atoms with Gasteiger partial charge in [-0.25, -0.2) is 5.43 Å². The van der Waals surface area contributed by atoms with Gasteiger partial charge in [0.15, 0.2) is 11.5 Å². The highest BCUT2D eigenvalue weighted by Gasteiger charge is 2.52. The molecule has 1 saturated carbocycles. The molecule has 1 aromatic carbocycles. The maximum Gasteiger partial charge on any atom is 0.244 e. The number of methoxy groups -OCH3 is 2. The van der Waals surface area contributed by atoms with Gasteiger partial charge in [-0.15, -0.1) is 0 Å². The Hall–Kier alpha value is -1.75. The smallest absolute Gasteiger partial charge is 0.244 e. The zero-order valence-electron chi connectivity index (χ0n) is 11.8. The van der Waals surface area contributed by atoms with Crippen molar-refractivity contribution in [2.45, 2.75) is 25.2 Å². The number of aryl methyl sites for hydroxylation is 1. The second kappa shape index (κ2) is 5.09. The second-order valence-corrected chi connectivity index (χ2v) is 4.81. The molecule has 1 amide bonds. The van der Waals surface area contributed by atoms with Crippen molar-refractivity contribution in [1.82, 2.24) is 10.9 Å². The average Bonchev–Trinajstić information content (AvgIpc) is 3.20. The summed E-state index contributed by atoms with van der Waals surface area (Å²) < 4.78 is 10.6. The first-order valence-electron chi connectivity index (χ1n) is 6.29. The summed E-state index contributed by atoms with van der Waals surface area (Å²) in [4.78, 5) is 12.2. The number of nitrogens with one attached hydrogen (secondary N) is 2. The van der Waals surface area contributed by atoms with Crippen molar-refractivity contribution >= 4 is 5.91 Å². The number of rotatable bonds is 5. The number of carbonyl (C=O) groups is 1. The normalized spacial score (nSPS) is 15.8. The van der Waals surface area contributed by atoms with E-state index in [1.807, 2.05) is 19.1 Å². The van der Waals surface area contributed by atoms with Gasteiger partial charge in [-0.3, -0.25) is 10.2 Å². The first-order chi connectivity index (χ1) is 9.08. The number of carbonyl (C=O) groups excluding carboxylic acids is 1. The summed E-state index contributed by atoms with van der Waals surface area (Å²) in [5.41, 5.74) is 7.01. The van der Waals surface area contributed by atoms with E-state index in [-0.39, 0.29) is 5.91 Å². The predicted octanol–water partition coefficient (Wildman–Crippen LogP) is 1.29. The van der Waals surface area contributed by atoms with Crippen LogP contribution < -0.4 is 20.3 Å². The second-order valence-electron chi connectivity index (χ2n) is 4.81. The van der Waals surface area contributed by atoms with E-state index in [1.54, 1.807) is 21.3 Å². The molecule has 0 saturated heterocycles. The van der Waals surface area contributed by atoms with Crippen LogP contribution in [0.15, 0.2) is 12.1 Å². The van der Waals surface area contributed by atoms with Crippen molar-refractivity contribution in [3.8, 4) is 11.5 Å². The molecular weight excluding hydrogens is 244 g/mol. The van der Waals surface area contributed by atoms with Gasteiger partial charge in [0.1, 0.15) is 0 Å². The maximum absolute atomic E-state index is 12.2. The summed E-state index contributed by atoms with van der Waals surface area (Å²) in [7, 11) is 4.90.